The molecule has 0 aromatic heterocycles. The van der Waals surface area contributed by atoms with E-state index in [-0.39, 0.29) is 11.7 Å². The number of fused-ring (bicyclic) bond motifs is 3. The van der Waals surface area contributed by atoms with E-state index in [2.05, 4.69) is 30.5 Å². The fraction of sp³-hybridized carbons (Fsp3) is 0.174. The quantitative estimate of drug-likeness (QED) is 0.268. The SMILES string of the molecule is CSc1ccc(C2=NN3C(C2)c2cc(Cl)ccc2OC3c2ccc([N+](=O)[O-])cc2)cc1. The van der Waals surface area contributed by atoms with Gasteiger partial charge < -0.3 is 4.74 Å². The zero-order chi connectivity index (χ0) is 21.5. The van der Waals surface area contributed by atoms with Crippen LogP contribution < -0.4 is 4.74 Å². The normalized spacial score (nSPS) is 19.3. The molecule has 31 heavy (non-hydrogen) atoms. The van der Waals surface area contributed by atoms with Crippen molar-refractivity contribution in [3.8, 4) is 5.75 Å². The van der Waals surface area contributed by atoms with Crippen LogP contribution in [0, 0.1) is 10.1 Å². The zero-order valence-corrected chi connectivity index (χ0v) is 18.1. The topological polar surface area (TPSA) is 68.0 Å². The van der Waals surface area contributed by atoms with E-state index in [0.29, 0.717) is 5.02 Å². The lowest BCUT2D eigenvalue weighted by molar-refractivity contribution is -0.384. The largest absolute Gasteiger partial charge is 0.464 e. The van der Waals surface area contributed by atoms with Crippen LogP contribution in [-0.4, -0.2) is 21.9 Å². The summed E-state index contributed by atoms with van der Waals surface area (Å²) < 4.78 is 6.29. The number of halogens is 1. The van der Waals surface area contributed by atoms with Crippen LogP contribution >= 0.6 is 23.4 Å². The molecule has 3 aromatic rings. The molecule has 0 N–H and O–H groups in total. The van der Waals surface area contributed by atoms with Crippen molar-refractivity contribution in [2.24, 2.45) is 5.10 Å². The van der Waals surface area contributed by atoms with Gasteiger partial charge in [-0.2, -0.15) is 5.10 Å². The van der Waals surface area contributed by atoms with Crippen molar-refractivity contribution in [2.75, 3.05) is 6.26 Å². The summed E-state index contributed by atoms with van der Waals surface area (Å²) >= 11 is 7.98. The van der Waals surface area contributed by atoms with Crippen molar-refractivity contribution < 1.29 is 9.66 Å². The molecular formula is C23H18ClN3O3S. The Labute approximate surface area is 188 Å². The number of rotatable bonds is 4. The molecule has 8 heteroatoms. The van der Waals surface area contributed by atoms with Gasteiger partial charge in [-0.1, -0.05) is 23.7 Å². The molecule has 0 bridgehead atoms. The van der Waals surface area contributed by atoms with E-state index < -0.39 is 11.2 Å². The summed E-state index contributed by atoms with van der Waals surface area (Å²) in [6.45, 7) is 0. The number of thioether (sulfide) groups is 1. The Kier molecular flexibility index (Phi) is 5.08. The summed E-state index contributed by atoms with van der Waals surface area (Å²) in [7, 11) is 0. The first-order valence-corrected chi connectivity index (χ1v) is 11.3. The van der Waals surface area contributed by atoms with Gasteiger partial charge in [0, 0.05) is 39.6 Å². The second-order valence-corrected chi connectivity index (χ2v) is 8.69. The van der Waals surface area contributed by atoms with Crippen LogP contribution in [0.4, 0.5) is 5.69 Å². The Bertz CT molecular complexity index is 1180. The number of hydrogen-bond donors (Lipinski definition) is 0. The number of nitro groups is 1. The highest BCUT2D eigenvalue weighted by molar-refractivity contribution is 7.98. The maximum atomic E-state index is 11.0. The summed E-state index contributed by atoms with van der Waals surface area (Å²) in [5.41, 5.74) is 3.88. The fourth-order valence-electron chi connectivity index (χ4n) is 4.00. The average molecular weight is 452 g/mol. The lowest BCUT2D eigenvalue weighted by Gasteiger charge is -2.38. The zero-order valence-electron chi connectivity index (χ0n) is 16.6. The van der Waals surface area contributed by atoms with E-state index >= 15 is 0 Å². The first kappa shape index (κ1) is 19.9. The van der Waals surface area contributed by atoms with Crippen LogP contribution in [0.1, 0.15) is 35.4 Å². The maximum Gasteiger partial charge on any atom is 0.269 e. The molecule has 0 saturated carbocycles. The lowest BCUT2D eigenvalue weighted by atomic mass is 9.96. The van der Waals surface area contributed by atoms with Gasteiger partial charge in [-0.25, -0.2) is 5.01 Å². The second-order valence-electron chi connectivity index (χ2n) is 7.38. The van der Waals surface area contributed by atoms with Gasteiger partial charge in [-0.3, -0.25) is 10.1 Å². The third-order valence-corrected chi connectivity index (χ3v) is 6.54. The second kappa shape index (κ2) is 7.90. The van der Waals surface area contributed by atoms with Gasteiger partial charge in [0.25, 0.3) is 5.69 Å². The van der Waals surface area contributed by atoms with E-state index in [0.717, 1.165) is 34.6 Å². The first-order chi connectivity index (χ1) is 15.0. The number of nitro benzene ring substituents is 1. The van der Waals surface area contributed by atoms with E-state index in [1.54, 1.807) is 30.0 Å². The highest BCUT2D eigenvalue weighted by atomic mass is 35.5. The van der Waals surface area contributed by atoms with Crippen LogP contribution in [0.2, 0.25) is 5.02 Å². The molecule has 2 aliphatic rings. The Morgan fingerprint density at radius 3 is 2.55 bits per heavy atom. The van der Waals surface area contributed by atoms with Crippen molar-refractivity contribution in [2.45, 2.75) is 23.6 Å². The van der Waals surface area contributed by atoms with Crippen LogP contribution in [0.5, 0.6) is 5.75 Å². The smallest absolute Gasteiger partial charge is 0.269 e. The Morgan fingerprint density at radius 1 is 1.13 bits per heavy atom. The average Bonchev–Trinajstić information content (AvgIpc) is 3.24. The van der Waals surface area contributed by atoms with Gasteiger partial charge in [-0.05, 0) is 54.3 Å². The molecule has 0 radical (unpaired) electrons. The van der Waals surface area contributed by atoms with Crippen molar-refractivity contribution >= 4 is 34.8 Å². The Hall–Kier alpha value is -3.03. The molecule has 3 aromatic carbocycles. The molecule has 2 atom stereocenters. The maximum absolute atomic E-state index is 11.0. The van der Waals surface area contributed by atoms with Gasteiger partial charge >= 0.3 is 0 Å². The standard InChI is InChI=1S/C23H18ClN3O3S/c1-31-18-9-4-14(5-10-18)20-13-21-19-12-16(24)6-11-22(19)30-23(26(21)25-20)15-2-7-17(8-3-15)27(28)29/h2-12,21,23H,13H2,1H3. The molecule has 0 aliphatic carbocycles. The molecule has 0 spiro atoms. The molecule has 156 valence electrons. The van der Waals surface area contributed by atoms with Gasteiger partial charge in [0.2, 0.25) is 6.23 Å². The molecule has 2 heterocycles. The molecule has 0 fully saturated rings. The minimum absolute atomic E-state index is 0.0298. The minimum atomic E-state index is -0.484. The fourth-order valence-corrected chi connectivity index (χ4v) is 4.59. The molecule has 2 unspecified atom stereocenters. The minimum Gasteiger partial charge on any atom is -0.464 e. The number of ether oxygens (including phenoxy) is 1. The molecule has 5 rings (SSSR count). The summed E-state index contributed by atoms with van der Waals surface area (Å²) in [6.07, 6.45) is 2.29. The van der Waals surface area contributed by atoms with Crippen molar-refractivity contribution in [1.82, 2.24) is 5.01 Å². The van der Waals surface area contributed by atoms with Crippen LogP contribution in [0.15, 0.2) is 76.7 Å². The monoisotopic (exact) mass is 451 g/mol. The van der Waals surface area contributed by atoms with Crippen LogP contribution in [0.25, 0.3) is 0 Å². The molecule has 0 saturated heterocycles. The third kappa shape index (κ3) is 3.64. The Morgan fingerprint density at radius 2 is 1.87 bits per heavy atom. The predicted molar refractivity (Wildman–Crippen MR) is 122 cm³/mol. The van der Waals surface area contributed by atoms with E-state index in [1.165, 1.54) is 17.0 Å². The highest BCUT2D eigenvalue weighted by Gasteiger charge is 2.41. The van der Waals surface area contributed by atoms with Crippen LogP contribution in [0.3, 0.4) is 0 Å². The lowest BCUT2D eigenvalue weighted by Crippen LogP contribution is -2.33. The number of hydrazone groups is 1. The van der Waals surface area contributed by atoms with Crippen molar-refractivity contribution in [3.05, 3.63) is 98.6 Å². The van der Waals surface area contributed by atoms with Gasteiger partial charge in [-0.15, -0.1) is 11.8 Å². The molecule has 2 aliphatic heterocycles. The van der Waals surface area contributed by atoms with Crippen LogP contribution in [-0.2, 0) is 0 Å². The third-order valence-electron chi connectivity index (χ3n) is 5.56. The van der Waals surface area contributed by atoms with E-state index in [4.69, 9.17) is 21.4 Å². The number of hydrogen-bond acceptors (Lipinski definition) is 6. The molecule has 0 amide bonds. The number of nitrogens with zero attached hydrogens (tertiary/aromatic N) is 3. The predicted octanol–water partition coefficient (Wildman–Crippen LogP) is 6.21. The van der Waals surface area contributed by atoms with E-state index in [9.17, 15) is 10.1 Å². The number of benzene rings is 3. The van der Waals surface area contributed by atoms with Gasteiger partial charge in [0.1, 0.15) is 5.75 Å². The molecular weight excluding hydrogens is 434 g/mol. The van der Waals surface area contributed by atoms with Crippen molar-refractivity contribution in [3.63, 3.8) is 0 Å². The Balaban J connectivity index is 1.55. The van der Waals surface area contributed by atoms with E-state index in [1.807, 2.05) is 17.1 Å². The summed E-state index contributed by atoms with van der Waals surface area (Å²) in [4.78, 5) is 11.8. The summed E-state index contributed by atoms with van der Waals surface area (Å²) in [5, 5.41) is 18.6. The first-order valence-electron chi connectivity index (χ1n) is 9.74. The highest BCUT2D eigenvalue weighted by Crippen LogP contribution is 2.48. The molecule has 6 nitrogen and oxygen atoms in total. The number of non-ortho nitro benzene ring substituents is 1. The summed E-state index contributed by atoms with van der Waals surface area (Å²) in [6, 6.07) is 20.4. The summed E-state index contributed by atoms with van der Waals surface area (Å²) in [5.74, 6) is 0.753. The van der Waals surface area contributed by atoms with Gasteiger partial charge in [0.15, 0.2) is 0 Å². The van der Waals surface area contributed by atoms with Crippen molar-refractivity contribution in [1.29, 1.82) is 0 Å². The van der Waals surface area contributed by atoms with Gasteiger partial charge in [0.05, 0.1) is 16.7 Å².